The zero-order valence-corrected chi connectivity index (χ0v) is 21.6. The lowest BCUT2D eigenvalue weighted by Crippen LogP contribution is -2.46. The highest BCUT2D eigenvalue weighted by molar-refractivity contribution is 7.98. The van der Waals surface area contributed by atoms with E-state index >= 15 is 0 Å². The van der Waals surface area contributed by atoms with Crippen LogP contribution >= 0.6 is 11.8 Å². The van der Waals surface area contributed by atoms with E-state index in [4.69, 9.17) is 10.8 Å². The summed E-state index contributed by atoms with van der Waals surface area (Å²) in [5.74, 6) is 0.469. The van der Waals surface area contributed by atoms with Crippen LogP contribution in [-0.4, -0.2) is 67.3 Å². The molecule has 0 bridgehead atoms. The lowest BCUT2D eigenvalue weighted by Gasteiger charge is -2.37. The highest BCUT2D eigenvalue weighted by atomic mass is 32.2. The molecule has 1 atom stereocenters. The van der Waals surface area contributed by atoms with Gasteiger partial charge in [0.25, 0.3) is 5.91 Å². The summed E-state index contributed by atoms with van der Waals surface area (Å²) >= 11 is 1.37. The van der Waals surface area contributed by atoms with E-state index < -0.39 is 0 Å². The molecule has 0 saturated heterocycles. The van der Waals surface area contributed by atoms with Crippen molar-refractivity contribution >= 4 is 29.4 Å². The van der Waals surface area contributed by atoms with E-state index in [2.05, 4.69) is 40.8 Å². The van der Waals surface area contributed by atoms with Gasteiger partial charge < -0.3 is 15.5 Å². The van der Waals surface area contributed by atoms with Crippen LogP contribution in [0, 0.1) is 0 Å². The van der Waals surface area contributed by atoms with Gasteiger partial charge in [0.1, 0.15) is 11.4 Å². The second-order valence-electron chi connectivity index (χ2n) is 9.74. The fourth-order valence-corrected chi connectivity index (χ4v) is 5.83. The maximum atomic E-state index is 13.8. The van der Waals surface area contributed by atoms with Gasteiger partial charge in [-0.25, -0.2) is 14.6 Å². The molecule has 6 rings (SSSR count). The molecule has 37 heavy (non-hydrogen) atoms. The van der Waals surface area contributed by atoms with Crippen LogP contribution in [0.4, 0.5) is 5.82 Å². The number of nitrogen functional groups attached to an aromatic ring is 1. The van der Waals surface area contributed by atoms with E-state index in [1.807, 2.05) is 10.9 Å². The number of benzene rings is 1. The van der Waals surface area contributed by atoms with Gasteiger partial charge >= 0.3 is 0 Å². The number of hydrogen-bond donors (Lipinski definition) is 1. The quantitative estimate of drug-likeness (QED) is 0.316. The summed E-state index contributed by atoms with van der Waals surface area (Å²) in [4.78, 5) is 38.5. The Labute approximate surface area is 219 Å². The number of amides is 2. The Morgan fingerprint density at radius 3 is 2.62 bits per heavy atom. The summed E-state index contributed by atoms with van der Waals surface area (Å²) in [6.45, 7) is 5.02. The van der Waals surface area contributed by atoms with Gasteiger partial charge in [0, 0.05) is 44.2 Å². The lowest BCUT2D eigenvalue weighted by atomic mass is 9.95. The van der Waals surface area contributed by atoms with Crippen molar-refractivity contribution in [2.45, 2.75) is 42.8 Å². The van der Waals surface area contributed by atoms with Gasteiger partial charge in [-0.15, -0.1) is 0 Å². The molecule has 4 heterocycles. The number of thioether (sulfide) groups is 1. The van der Waals surface area contributed by atoms with Crippen molar-refractivity contribution in [2.75, 3.05) is 31.6 Å². The number of carbonyl (C=O) groups is 2. The minimum absolute atomic E-state index is 0.152. The molecule has 1 fully saturated rings. The fraction of sp³-hybridized carbons (Fsp3) is 0.370. The zero-order valence-electron chi connectivity index (χ0n) is 20.8. The van der Waals surface area contributed by atoms with Crippen molar-refractivity contribution in [2.24, 2.45) is 0 Å². The second kappa shape index (κ2) is 9.33. The van der Waals surface area contributed by atoms with Crippen molar-refractivity contribution in [3.63, 3.8) is 0 Å². The molecule has 0 unspecified atom stereocenters. The summed E-state index contributed by atoms with van der Waals surface area (Å²) in [7, 11) is 0. The Morgan fingerprint density at radius 2 is 1.95 bits per heavy atom. The van der Waals surface area contributed by atoms with Gasteiger partial charge in [-0.05, 0) is 48.8 Å². The third kappa shape index (κ3) is 4.19. The maximum absolute atomic E-state index is 13.8. The number of nitrogens with two attached hydrogens (primary N) is 1. The van der Waals surface area contributed by atoms with E-state index in [0.717, 1.165) is 22.6 Å². The highest BCUT2D eigenvalue weighted by Gasteiger charge is 2.40. The van der Waals surface area contributed by atoms with Gasteiger partial charge in [0.05, 0.1) is 23.1 Å². The molecule has 9 nitrogen and oxygen atoms in total. The molecule has 10 heteroatoms. The first-order valence-electron chi connectivity index (χ1n) is 12.6. The number of nitrogens with zero attached hydrogens (tertiary/aromatic N) is 6. The zero-order chi connectivity index (χ0) is 25.7. The number of rotatable bonds is 5. The molecule has 2 aromatic heterocycles. The van der Waals surface area contributed by atoms with E-state index in [0.29, 0.717) is 43.6 Å². The van der Waals surface area contributed by atoms with E-state index in [9.17, 15) is 9.59 Å². The summed E-state index contributed by atoms with van der Waals surface area (Å²) in [6.07, 6.45) is 8.48. The van der Waals surface area contributed by atoms with Crippen molar-refractivity contribution in [1.29, 1.82) is 0 Å². The average molecular weight is 516 g/mol. The number of carbonyl (C=O) groups excluding carboxylic acids is 2. The molecule has 1 aromatic carbocycles. The highest BCUT2D eigenvalue weighted by Crippen LogP contribution is 2.41. The van der Waals surface area contributed by atoms with Gasteiger partial charge in [0.15, 0.2) is 5.16 Å². The summed E-state index contributed by atoms with van der Waals surface area (Å²) in [5.41, 5.74) is 11.9. The Hall–Kier alpha value is -3.66. The van der Waals surface area contributed by atoms with Crippen molar-refractivity contribution in [3.05, 3.63) is 71.2 Å². The van der Waals surface area contributed by atoms with Crippen LogP contribution in [0.1, 0.15) is 57.7 Å². The van der Waals surface area contributed by atoms with Crippen LogP contribution in [0.2, 0.25) is 0 Å². The Bertz CT molecular complexity index is 1400. The number of hydrogen-bond acceptors (Lipinski definition) is 7. The van der Waals surface area contributed by atoms with Crippen LogP contribution in [0.3, 0.4) is 0 Å². The predicted molar refractivity (Wildman–Crippen MR) is 142 cm³/mol. The minimum atomic E-state index is -0.350. The Kier molecular flexibility index (Phi) is 5.98. The predicted octanol–water partition coefficient (Wildman–Crippen LogP) is 3.15. The Balaban J connectivity index is 1.40. The fourth-order valence-electron chi connectivity index (χ4n) is 5.48. The lowest BCUT2D eigenvalue weighted by molar-refractivity contribution is -0.126. The molecular formula is C27H29N7O2S. The molecular weight excluding hydrogens is 486 g/mol. The van der Waals surface area contributed by atoms with E-state index in [-0.39, 0.29) is 29.2 Å². The standard InChI is InChI=1S/C27H29N7O2S/c1-3-23(35)32-12-10-20-24-21(34(31-20)18-8-6-17(7-9-18)16-4-5-16)11-13-33(22(24)15-32)26(36)19-14-29-27(37-2)30-25(19)28/h3,6-9,14,16,22H,1,4-5,10-13,15H2,2H3,(H2,28,29,30)/t22-/m0/s1. The van der Waals surface area contributed by atoms with Crippen LogP contribution < -0.4 is 5.73 Å². The van der Waals surface area contributed by atoms with Crippen LogP contribution in [0.25, 0.3) is 5.69 Å². The van der Waals surface area contributed by atoms with Crippen LogP contribution in [-0.2, 0) is 17.6 Å². The molecule has 1 aliphatic carbocycles. The van der Waals surface area contributed by atoms with Gasteiger partial charge in [-0.3, -0.25) is 9.59 Å². The second-order valence-corrected chi connectivity index (χ2v) is 10.5. The molecule has 3 aromatic rings. The van der Waals surface area contributed by atoms with E-state index in [1.165, 1.54) is 42.4 Å². The molecule has 2 N–H and O–H groups in total. The molecule has 190 valence electrons. The van der Waals surface area contributed by atoms with Gasteiger partial charge in [-0.2, -0.15) is 5.10 Å². The molecule has 0 radical (unpaired) electrons. The van der Waals surface area contributed by atoms with Crippen LogP contribution in [0.15, 0.2) is 48.3 Å². The number of aromatic nitrogens is 4. The largest absolute Gasteiger partial charge is 0.383 e. The number of anilines is 1. The first kappa shape index (κ1) is 23.7. The van der Waals surface area contributed by atoms with Crippen molar-refractivity contribution in [3.8, 4) is 5.69 Å². The molecule has 3 aliphatic rings. The third-order valence-electron chi connectivity index (χ3n) is 7.55. The smallest absolute Gasteiger partial charge is 0.259 e. The van der Waals surface area contributed by atoms with Crippen LogP contribution in [0.5, 0.6) is 0 Å². The molecule has 0 spiro atoms. The van der Waals surface area contributed by atoms with Gasteiger partial charge in [0.2, 0.25) is 5.91 Å². The SMILES string of the molecule is C=CC(=O)N1CCc2nn(-c3ccc(C4CC4)cc3)c3c2[C@H](C1)N(C(=O)c1cnc(SC)nc1N)CC3. The minimum Gasteiger partial charge on any atom is -0.383 e. The summed E-state index contributed by atoms with van der Waals surface area (Å²) in [6, 6.07) is 8.34. The maximum Gasteiger partial charge on any atom is 0.259 e. The topological polar surface area (TPSA) is 110 Å². The van der Waals surface area contributed by atoms with E-state index in [1.54, 1.807) is 9.80 Å². The molecule has 1 saturated carbocycles. The first-order chi connectivity index (χ1) is 18.0. The Morgan fingerprint density at radius 1 is 1.16 bits per heavy atom. The summed E-state index contributed by atoms with van der Waals surface area (Å²) < 4.78 is 2.03. The monoisotopic (exact) mass is 515 g/mol. The molecule has 2 aliphatic heterocycles. The third-order valence-corrected chi connectivity index (χ3v) is 8.11. The normalized spacial score (nSPS) is 18.8. The molecule has 2 amide bonds. The summed E-state index contributed by atoms with van der Waals surface area (Å²) in [5, 5.41) is 5.54. The van der Waals surface area contributed by atoms with Crippen molar-refractivity contribution < 1.29 is 9.59 Å². The average Bonchev–Trinajstić information content (AvgIpc) is 3.73. The first-order valence-corrected chi connectivity index (χ1v) is 13.8. The van der Waals surface area contributed by atoms with Crippen molar-refractivity contribution in [1.82, 2.24) is 29.5 Å². The van der Waals surface area contributed by atoms with Gasteiger partial charge in [-0.1, -0.05) is 30.5 Å².